The second kappa shape index (κ2) is 5.45. The lowest BCUT2D eigenvalue weighted by atomic mass is 10.3. The second-order valence-corrected chi connectivity index (χ2v) is 5.15. The van der Waals surface area contributed by atoms with E-state index in [1.165, 1.54) is 17.7 Å². The Hall–Kier alpha value is -1.80. The second-order valence-electron chi connectivity index (χ2n) is 4.15. The number of amides is 1. The van der Waals surface area contributed by atoms with Gasteiger partial charge in [-0.3, -0.25) is 4.79 Å². The summed E-state index contributed by atoms with van der Waals surface area (Å²) in [5.74, 6) is 0.575. The van der Waals surface area contributed by atoms with Gasteiger partial charge >= 0.3 is 0 Å². The van der Waals surface area contributed by atoms with Crippen molar-refractivity contribution in [2.24, 2.45) is 5.73 Å². The van der Waals surface area contributed by atoms with Crippen molar-refractivity contribution in [2.45, 2.75) is 19.9 Å². The molecule has 0 unspecified atom stereocenters. The van der Waals surface area contributed by atoms with Crippen LogP contribution in [0.5, 0.6) is 0 Å². The Labute approximate surface area is 115 Å². The minimum absolute atomic E-state index is 0.0475. The van der Waals surface area contributed by atoms with E-state index < -0.39 is 0 Å². The maximum atomic E-state index is 12.0. The minimum atomic E-state index is -0.246. The zero-order chi connectivity index (χ0) is 14.0. The van der Waals surface area contributed by atoms with E-state index in [-0.39, 0.29) is 11.9 Å². The average molecular weight is 280 g/mol. The SMILES string of the molecule is CCN(C)C(=O)c1cnc(-n2ncnc2[C@H](C)N)s1. The van der Waals surface area contributed by atoms with Crippen LogP contribution in [0.15, 0.2) is 12.5 Å². The van der Waals surface area contributed by atoms with Crippen LogP contribution in [0.2, 0.25) is 0 Å². The topological polar surface area (TPSA) is 89.9 Å². The maximum Gasteiger partial charge on any atom is 0.265 e. The summed E-state index contributed by atoms with van der Waals surface area (Å²) in [5.41, 5.74) is 5.81. The van der Waals surface area contributed by atoms with Gasteiger partial charge in [-0.25, -0.2) is 9.97 Å². The van der Waals surface area contributed by atoms with Crippen LogP contribution in [-0.4, -0.2) is 44.1 Å². The fourth-order valence-electron chi connectivity index (χ4n) is 1.50. The standard InChI is InChI=1S/C11H16N6OS/c1-4-16(3)10(18)8-5-13-11(19-8)17-9(7(2)12)14-6-15-17/h5-7H,4,12H2,1-3H3/t7-/m0/s1. The zero-order valence-corrected chi connectivity index (χ0v) is 11.9. The molecule has 0 bridgehead atoms. The predicted octanol–water partition coefficient (Wildman–Crippen LogP) is 0.835. The van der Waals surface area contributed by atoms with Gasteiger partial charge in [0.1, 0.15) is 11.2 Å². The van der Waals surface area contributed by atoms with Gasteiger partial charge < -0.3 is 10.6 Å². The van der Waals surface area contributed by atoms with Gasteiger partial charge in [0.05, 0.1) is 12.2 Å². The Morgan fingerprint density at radius 3 is 2.95 bits per heavy atom. The van der Waals surface area contributed by atoms with Crippen molar-refractivity contribution >= 4 is 17.2 Å². The number of nitrogens with two attached hydrogens (primary N) is 1. The van der Waals surface area contributed by atoms with Crippen LogP contribution in [0.1, 0.15) is 35.4 Å². The zero-order valence-electron chi connectivity index (χ0n) is 11.1. The maximum absolute atomic E-state index is 12.0. The van der Waals surface area contributed by atoms with E-state index in [0.29, 0.717) is 22.4 Å². The van der Waals surface area contributed by atoms with E-state index in [1.807, 2.05) is 13.8 Å². The normalized spacial score (nSPS) is 12.4. The molecule has 8 heteroatoms. The number of carbonyl (C=O) groups is 1. The third kappa shape index (κ3) is 2.64. The number of hydrogen-bond acceptors (Lipinski definition) is 6. The molecule has 0 aliphatic rings. The van der Waals surface area contributed by atoms with E-state index in [1.54, 1.807) is 22.8 Å². The van der Waals surface area contributed by atoms with E-state index in [0.717, 1.165) is 0 Å². The summed E-state index contributed by atoms with van der Waals surface area (Å²) in [4.78, 5) is 22.5. The first-order valence-electron chi connectivity index (χ1n) is 5.91. The summed E-state index contributed by atoms with van der Waals surface area (Å²) in [6.07, 6.45) is 2.99. The van der Waals surface area contributed by atoms with Crippen molar-refractivity contribution in [1.82, 2.24) is 24.6 Å². The number of hydrogen-bond donors (Lipinski definition) is 1. The number of thiazole rings is 1. The highest BCUT2D eigenvalue weighted by Gasteiger charge is 2.18. The molecule has 2 rings (SSSR count). The molecule has 102 valence electrons. The number of nitrogens with zero attached hydrogens (tertiary/aromatic N) is 5. The fraction of sp³-hybridized carbons (Fsp3) is 0.455. The number of carbonyl (C=O) groups excluding carboxylic acids is 1. The molecule has 2 aromatic heterocycles. The molecule has 0 fully saturated rings. The Kier molecular flexibility index (Phi) is 3.91. The monoisotopic (exact) mass is 280 g/mol. The van der Waals surface area contributed by atoms with Gasteiger partial charge in [0.25, 0.3) is 5.91 Å². The molecule has 0 radical (unpaired) electrons. The summed E-state index contributed by atoms with van der Waals surface area (Å²) < 4.78 is 1.57. The summed E-state index contributed by atoms with van der Waals surface area (Å²) in [5, 5.41) is 4.69. The molecule has 1 amide bonds. The lowest BCUT2D eigenvalue weighted by Gasteiger charge is -2.11. The Bertz CT molecular complexity index is 575. The van der Waals surface area contributed by atoms with Crippen molar-refractivity contribution < 1.29 is 4.79 Å². The van der Waals surface area contributed by atoms with Crippen LogP contribution in [-0.2, 0) is 0 Å². The van der Waals surface area contributed by atoms with Gasteiger partial charge in [0.2, 0.25) is 5.13 Å². The number of rotatable bonds is 4. The minimum Gasteiger partial charge on any atom is -0.341 e. The van der Waals surface area contributed by atoms with Crippen LogP contribution in [0.3, 0.4) is 0 Å². The van der Waals surface area contributed by atoms with Gasteiger partial charge in [-0.05, 0) is 13.8 Å². The number of aromatic nitrogens is 4. The third-order valence-electron chi connectivity index (χ3n) is 2.69. The lowest BCUT2D eigenvalue weighted by Crippen LogP contribution is -2.25. The molecular formula is C11H16N6OS. The Morgan fingerprint density at radius 2 is 2.32 bits per heavy atom. The first kappa shape index (κ1) is 13.6. The third-order valence-corrected chi connectivity index (χ3v) is 3.65. The van der Waals surface area contributed by atoms with Gasteiger partial charge in [-0.2, -0.15) is 9.78 Å². The van der Waals surface area contributed by atoms with Crippen molar-refractivity contribution in [3.8, 4) is 5.13 Å². The Morgan fingerprint density at radius 1 is 1.58 bits per heavy atom. The summed E-state index contributed by atoms with van der Waals surface area (Å²) in [6.45, 7) is 4.40. The van der Waals surface area contributed by atoms with Crippen LogP contribution in [0.4, 0.5) is 0 Å². The molecular weight excluding hydrogens is 264 g/mol. The molecule has 0 saturated carbocycles. The largest absolute Gasteiger partial charge is 0.341 e. The fourth-order valence-corrected chi connectivity index (χ4v) is 2.38. The highest BCUT2D eigenvalue weighted by molar-refractivity contribution is 7.16. The molecule has 0 spiro atoms. The summed E-state index contributed by atoms with van der Waals surface area (Å²) >= 11 is 1.28. The molecule has 19 heavy (non-hydrogen) atoms. The first-order valence-corrected chi connectivity index (χ1v) is 6.73. The highest BCUT2D eigenvalue weighted by atomic mass is 32.1. The van der Waals surface area contributed by atoms with Gasteiger partial charge in [-0.15, -0.1) is 0 Å². The van der Waals surface area contributed by atoms with Crippen molar-refractivity contribution in [3.63, 3.8) is 0 Å². The highest BCUT2D eigenvalue weighted by Crippen LogP contribution is 2.20. The van der Waals surface area contributed by atoms with Gasteiger partial charge in [0, 0.05) is 13.6 Å². The van der Waals surface area contributed by atoms with Crippen LogP contribution >= 0.6 is 11.3 Å². The molecule has 0 aliphatic heterocycles. The molecule has 2 N–H and O–H groups in total. The van der Waals surface area contributed by atoms with E-state index >= 15 is 0 Å². The van der Waals surface area contributed by atoms with Crippen LogP contribution in [0.25, 0.3) is 5.13 Å². The average Bonchev–Trinajstić information content (AvgIpc) is 3.04. The van der Waals surface area contributed by atoms with Crippen molar-refractivity contribution in [1.29, 1.82) is 0 Å². The van der Waals surface area contributed by atoms with Crippen LogP contribution < -0.4 is 5.73 Å². The van der Waals surface area contributed by atoms with E-state index in [2.05, 4.69) is 15.1 Å². The van der Waals surface area contributed by atoms with Crippen LogP contribution in [0, 0.1) is 0 Å². The predicted molar refractivity (Wildman–Crippen MR) is 72.3 cm³/mol. The van der Waals surface area contributed by atoms with E-state index in [4.69, 9.17) is 5.73 Å². The summed E-state index contributed by atoms with van der Waals surface area (Å²) in [6, 6.07) is -0.246. The molecule has 2 heterocycles. The molecule has 2 aromatic rings. The molecule has 1 atom stereocenters. The molecule has 7 nitrogen and oxygen atoms in total. The van der Waals surface area contributed by atoms with Crippen molar-refractivity contribution in [3.05, 3.63) is 23.2 Å². The van der Waals surface area contributed by atoms with E-state index in [9.17, 15) is 4.79 Å². The van der Waals surface area contributed by atoms with Gasteiger partial charge in [0.15, 0.2) is 5.82 Å². The molecule has 0 saturated heterocycles. The van der Waals surface area contributed by atoms with Gasteiger partial charge in [-0.1, -0.05) is 11.3 Å². The first-order chi connectivity index (χ1) is 9.04. The van der Waals surface area contributed by atoms with Crippen molar-refractivity contribution in [2.75, 3.05) is 13.6 Å². The molecule has 0 aromatic carbocycles. The summed E-state index contributed by atoms with van der Waals surface area (Å²) in [7, 11) is 1.75. The lowest BCUT2D eigenvalue weighted by molar-refractivity contribution is 0.0807. The quantitative estimate of drug-likeness (QED) is 0.896. The smallest absolute Gasteiger partial charge is 0.265 e. The molecule has 0 aliphatic carbocycles. The Balaban J connectivity index is 2.31.